The molecule has 6 heteroatoms. The maximum Gasteiger partial charge on any atom is 0.266 e. The van der Waals surface area contributed by atoms with Crippen molar-refractivity contribution in [1.82, 2.24) is 4.90 Å². The molecule has 0 spiro atoms. The molecule has 2 saturated heterocycles. The normalized spacial score (nSPS) is 22.4. The number of nitrogens with zero attached hydrogens (tertiary/aromatic N) is 1. The molecular weight excluding hydrogens is 342 g/mol. The van der Waals surface area contributed by atoms with E-state index in [0.29, 0.717) is 22.4 Å². The largest absolute Gasteiger partial charge is 0.490 e. The second-order valence-corrected chi connectivity index (χ2v) is 7.27. The van der Waals surface area contributed by atoms with Gasteiger partial charge in [-0.2, -0.15) is 0 Å². The molecule has 0 bridgehead atoms. The maximum atomic E-state index is 12.6. The first-order valence-electron chi connectivity index (χ1n) is 7.88. The summed E-state index contributed by atoms with van der Waals surface area (Å²) in [5.74, 6) is 0.741. The molecule has 0 aromatic heterocycles. The topological polar surface area (TPSA) is 38.8 Å². The van der Waals surface area contributed by atoms with Crippen LogP contribution >= 0.6 is 24.0 Å². The van der Waals surface area contributed by atoms with E-state index in [9.17, 15) is 4.79 Å². The van der Waals surface area contributed by atoms with Crippen molar-refractivity contribution in [1.29, 1.82) is 0 Å². The van der Waals surface area contributed by atoms with Gasteiger partial charge in [0.1, 0.15) is 16.7 Å². The minimum atomic E-state index is -0.0347. The molecule has 4 nitrogen and oxygen atoms in total. The highest BCUT2D eigenvalue weighted by molar-refractivity contribution is 8.26. The lowest BCUT2D eigenvalue weighted by Crippen LogP contribution is -2.35. The van der Waals surface area contributed by atoms with Crippen LogP contribution in [0.2, 0.25) is 0 Å². The highest BCUT2D eigenvalue weighted by atomic mass is 32.2. The maximum absolute atomic E-state index is 12.6. The van der Waals surface area contributed by atoms with Crippen LogP contribution in [0.4, 0.5) is 0 Å². The van der Waals surface area contributed by atoms with Crippen molar-refractivity contribution in [3.8, 4) is 5.75 Å². The third kappa shape index (κ3) is 4.06. The smallest absolute Gasteiger partial charge is 0.266 e. The Balaban J connectivity index is 1.67. The molecule has 0 unspecified atom stereocenters. The zero-order chi connectivity index (χ0) is 16.9. The predicted octanol–water partition coefficient (Wildman–Crippen LogP) is 3.63. The Morgan fingerprint density at radius 1 is 1.42 bits per heavy atom. The van der Waals surface area contributed by atoms with Gasteiger partial charge in [-0.15, -0.1) is 0 Å². The van der Waals surface area contributed by atoms with Gasteiger partial charge in [-0.3, -0.25) is 9.69 Å². The van der Waals surface area contributed by atoms with Crippen molar-refractivity contribution in [3.63, 3.8) is 0 Å². The van der Waals surface area contributed by atoms with Gasteiger partial charge in [0.15, 0.2) is 0 Å². The number of thiocarbonyl (C=S) groups is 1. The number of carbonyl (C=O) groups is 1. The fraction of sp³-hybridized carbons (Fsp3) is 0.333. The molecule has 0 radical (unpaired) electrons. The van der Waals surface area contributed by atoms with Gasteiger partial charge in [0.2, 0.25) is 0 Å². The van der Waals surface area contributed by atoms with Crippen LogP contribution in [0.1, 0.15) is 18.4 Å². The number of hydrogen-bond acceptors (Lipinski definition) is 5. The lowest BCUT2D eigenvalue weighted by Gasteiger charge is -2.18. The molecule has 1 aromatic carbocycles. The van der Waals surface area contributed by atoms with Crippen LogP contribution in [0.5, 0.6) is 5.75 Å². The number of amides is 1. The summed E-state index contributed by atoms with van der Waals surface area (Å²) in [5.41, 5.74) is 0.943. The van der Waals surface area contributed by atoms with Crippen LogP contribution in [0, 0.1) is 0 Å². The van der Waals surface area contributed by atoms with E-state index in [0.717, 1.165) is 30.8 Å². The first-order valence-corrected chi connectivity index (χ1v) is 9.10. The second-order valence-electron chi connectivity index (χ2n) is 5.60. The molecule has 1 atom stereocenters. The molecule has 24 heavy (non-hydrogen) atoms. The fourth-order valence-corrected chi connectivity index (χ4v) is 3.89. The van der Waals surface area contributed by atoms with Gasteiger partial charge in [-0.1, -0.05) is 48.8 Å². The first-order chi connectivity index (χ1) is 11.7. The number of ether oxygens (including phenoxy) is 2. The van der Waals surface area contributed by atoms with E-state index in [1.807, 2.05) is 30.3 Å². The number of carbonyl (C=O) groups excluding carboxylic acids is 1. The van der Waals surface area contributed by atoms with Gasteiger partial charge in [-0.05, 0) is 36.6 Å². The zero-order valence-corrected chi connectivity index (χ0v) is 14.9. The molecule has 1 amide bonds. The molecule has 2 aliphatic heterocycles. The van der Waals surface area contributed by atoms with Crippen LogP contribution < -0.4 is 4.74 Å². The molecule has 2 fully saturated rings. The third-order valence-electron chi connectivity index (χ3n) is 3.83. The Morgan fingerprint density at radius 2 is 2.21 bits per heavy atom. The molecule has 3 rings (SSSR count). The van der Waals surface area contributed by atoms with E-state index in [-0.39, 0.29) is 12.0 Å². The van der Waals surface area contributed by atoms with Gasteiger partial charge >= 0.3 is 0 Å². The second kappa shape index (κ2) is 7.96. The SMILES string of the molecule is C=CCOc1ccc(/C=C2/SC(=S)N(C[C@H]3CCCO3)C2=O)cc1. The van der Waals surface area contributed by atoms with Gasteiger partial charge in [0.05, 0.1) is 17.6 Å². The van der Waals surface area contributed by atoms with Crippen molar-refractivity contribution in [2.24, 2.45) is 0 Å². The van der Waals surface area contributed by atoms with Crippen molar-refractivity contribution in [3.05, 3.63) is 47.4 Å². The summed E-state index contributed by atoms with van der Waals surface area (Å²) in [6.07, 6.45) is 5.71. The van der Waals surface area contributed by atoms with Gasteiger partial charge < -0.3 is 9.47 Å². The Bertz CT molecular complexity index is 663. The standard InChI is InChI=1S/C18H19NO3S2/c1-2-9-21-14-7-5-13(6-8-14)11-16-17(20)19(18(23)24-16)12-15-4-3-10-22-15/h2,5-8,11,15H,1,3-4,9-10,12H2/b16-11+/t15-/m1/s1. The summed E-state index contributed by atoms with van der Waals surface area (Å²) in [7, 11) is 0. The Labute approximate surface area is 151 Å². The fourth-order valence-electron chi connectivity index (χ4n) is 2.62. The van der Waals surface area contributed by atoms with Crippen molar-refractivity contribution >= 4 is 40.3 Å². The molecule has 0 N–H and O–H groups in total. The van der Waals surface area contributed by atoms with Crippen LogP contribution in [0.3, 0.4) is 0 Å². The van der Waals surface area contributed by atoms with E-state index < -0.39 is 0 Å². The Morgan fingerprint density at radius 3 is 2.88 bits per heavy atom. The van der Waals surface area contributed by atoms with E-state index >= 15 is 0 Å². The summed E-state index contributed by atoms with van der Waals surface area (Å²) in [4.78, 5) is 14.9. The van der Waals surface area contributed by atoms with E-state index in [1.54, 1.807) is 11.0 Å². The van der Waals surface area contributed by atoms with Gasteiger partial charge in [-0.25, -0.2) is 0 Å². The van der Waals surface area contributed by atoms with Gasteiger partial charge in [0.25, 0.3) is 5.91 Å². The molecule has 126 valence electrons. The molecule has 1 aromatic rings. The molecular formula is C18H19NO3S2. The first kappa shape index (κ1) is 17.2. The van der Waals surface area contributed by atoms with E-state index in [2.05, 4.69) is 6.58 Å². The minimum Gasteiger partial charge on any atom is -0.490 e. The summed E-state index contributed by atoms with van der Waals surface area (Å²) in [6.45, 7) is 5.42. The summed E-state index contributed by atoms with van der Waals surface area (Å²) < 4.78 is 11.7. The van der Waals surface area contributed by atoms with Crippen LogP contribution in [-0.4, -0.2) is 41.0 Å². The van der Waals surface area contributed by atoms with Crippen molar-refractivity contribution in [2.45, 2.75) is 18.9 Å². The van der Waals surface area contributed by atoms with E-state index in [4.69, 9.17) is 21.7 Å². The predicted molar refractivity (Wildman–Crippen MR) is 101 cm³/mol. The van der Waals surface area contributed by atoms with E-state index in [1.165, 1.54) is 11.8 Å². The number of hydrogen-bond donors (Lipinski definition) is 0. The number of rotatable bonds is 6. The average molecular weight is 361 g/mol. The molecule has 0 saturated carbocycles. The zero-order valence-electron chi connectivity index (χ0n) is 13.3. The van der Waals surface area contributed by atoms with Crippen LogP contribution in [0.15, 0.2) is 41.8 Å². The van der Waals surface area contributed by atoms with Crippen LogP contribution in [0.25, 0.3) is 6.08 Å². The number of benzene rings is 1. The van der Waals surface area contributed by atoms with Crippen LogP contribution in [-0.2, 0) is 9.53 Å². The van der Waals surface area contributed by atoms with Crippen molar-refractivity contribution < 1.29 is 14.3 Å². The molecule has 2 heterocycles. The molecule has 2 aliphatic rings. The Hall–Kier alpha value is -1.63. The number of thioether (sulfide) groups is 1. The highest BCUT2D eigenvalue weighted by Gasteiger charge is 2.34. The monoisotopic (exact) mass is 361 g/mol. The summed E-state index contributed by atoms with van der Waals surface area (Å²) in [5, 5.41) is 0. The third-order valence-corrected chi connectivity index (χ3v) is 5.21. The van der Waals surface area contributed by atoms with Crippen molar-refractivity contribution in [2.75, 3.05) is 19.8 Å². The average Bonchev–Trinajstić information content (AvgIpc) is 3.19. The Kier molecular flexibility index (Phi) is 5.71. The minimum absolute atomic E-state index is 0.0347. The lowest BCUT2D eigenvalue weighted by molar-refractivity contribution is -0.123. The lowest BCUT2D eigenvalue weighted by atomic mass is 10.2. The molecule has 0 aliphatic carbocycles. The van der Waals surface area contributed by atoms with Gasteiger partial charge in [0, 0.05) is 6.61 Å². The highest BCUT2D eigenvalue weighted by Crippen LogP contribution is 2.33. The summed E-state index contributed by atoms with van der Waals surface area (Å²) in [6, 6.07) is 7.60. The summed E-state index contributed by atoms with van der Waals surface area (Å²) >= 11 is 6.70. The quantitative estimate of drug-likeness (QED) is 0.439.